The Labute approximate surface area is 719 Å². The fraction of sp³-hybridized carbons (Fsp3) is 0.337. The maximum Gasteiger partial charge on any atom is 0.137 e. The van der Waals surface area contributed by atoms with Gasteiger partial charge < -0.3 is 43.7 Å². The molecule has 18 rings (SSSR count). The Balaban J connectivity index is 0.000000124. The van der Waals surface area contributed by atoms with E-state index >= 15 is 4.39 Å². The number of nitrogens with one attached hydrogen (secondary N) is 3. The fourth-order valence-corrected chi connectivity index (χ4v) is 19.0. The average molecular weight is 1800 g/mol. The van der Waals surface area contributed by atoms with Crippen LogP contribution in [0.5, 0.6) is 5.75 Å². The van der Waals surface area contributed by atoms with Crippen LogP contribution in [0.2, 0.25) is 0 Å². The lowest BCUT2D eigenvalue weighted by Crippen LogP contribution is -2.37. The molecular weight excluding hydrogens is 1700 g/mol. The van der Waals surface area contributed by atoms with E-state index in [0.29, 0.717) is 91.6 Å². The molecule has 0 bridgehead atoms. The summed E-state index contributed by atoms with van der Waals surface area (Å²) in [4.78, 5) is 23.5. The second-order valence-electron chi connectivity index (χ2n) is 31.7. The monoisotopic (exact) mass is 1790 g/mol. The highest BCUT2D eigenvalue weighted by Gasteiger charge is 2.33. The summed E-state index contributed by atoms with van der Waals surface area (Å²) in [5.41, 5.74) is 18.2. The standard InChI is InChI=1S/C28H33BrFN3O.C25H20BrFN2O.C23H24FN3O.C22H22BrFN2O/c1-19-20(2)34-27-21(17-22(29)18-25(19)27)9-10-23-24(7-5-8-26(23)30)28-31-11-16-33(28)15-6-14-32-12-3-4-13-32;26-18-13-17(24-21(14-18)22(15-30-24)16-5-2-1-3-6-16)9-10-19-20(7-4-8-23(19)27)25-28-11-12-29-25;1-28-22-12-9-15(14-25)13-16(22)10-11-17-18(5-4-6-19(17)24)23-26-20-7-2-3-8-21(20)27-23;1-13(2)19-12-27-21-14(10-15(23)11-18(19)21)6-7-16-17(4-3-5-20(16)24)22-25-8-9-26-22/h5,7-8,17-18H,3-4,6,9-16H2,1-2H3;1-8,13-15H,9-12H2,(H,28,29);4-6,9,12-13,20-21H,2-3,7-8,10-11H2,1H3,(H,26,27);3-5,10-13H,6-9H2,1-2H3,(H,25,26)/t;;20-,21-;/m..0./s1. The molecule has 2 fully saturated rings. The van der Waals surface area contributed by atoms with Gasteiger partial charge in [-0.2, -0.15) is 5.26 Å². The molecule has 21 heteroatoms. The molecule has 6 aliphatic rings. The molecule has 1 saturated carbocycles. The number of hydrogen-bond donors (Lipinski definition) is 3. The van der Waals surface area contributed by atoms with Gasteiger partial charge in [0, 0.05) is 95.2 Å². The van der Waals surface area contributed by atoms with E-state index in [1.54, 1.807) is 43.5 Å². The number of likely N-dealkylation sites (tertiary alicyclic amines) is 1. The van der Waals surface area contributed by atoms with Gasteiger partial charge in [-0.25, -0.2) is 17.6 Å². The zero-order valence-electron chi connectivity index (χ0n) is 68.0. The fourth-order valence-electron chi connectivity index (χ4n) is 17.4. The third-order valence-corrected chi connectivity index (χ3v) is 25.1. The Kier molecular flexibility index (Phi) is 27.5. The number of furan rings is 3. The van der Waals surface area contributed by atoms with Crippen molar-refractivity contribution in [3.05, 3.63) is 296 Å². The van der Waals surface area contributed by atoms with Crippen molar-refractivity contribution in [2.75, 3.05) is 72.6 Å². The number of aliphatic imine (C=N–C) groups is 4. The van der Waals surface area contributed by atoms with Gasteiger partial charge >= 0.3 is 0 Å². The van der Waals surface area contributed by atoms with Crippen LogP contribution < -0.4 is 20.7 Å². The number of nitrogens with zero attached hydrogens (tertiary/aromatic N) is 7. The lowest BCUT2D eigenvalue weighted by Gasteiger charge is -2.24. The van der Waals surface area contributed by atoms with Gasteiger partial charge in [-0.3, -0.25) is 20.0 Å². The molecule has 5 aliphatic heterocycles. The lowest BCUT2D eigenvalue weighted by atomic mass is 9.92. The zero-order valence-corrected chi connectivity index (χ0v) is 72.7. The number of halogens is 7. The minimum absolute atomic E-state index is 0.151. The highest BCUT2D eigenvalue weighted by Crippen LogP contribution is 2.39. The number of aryl methyl sites for hydroxylation is 6. The van der Waals surface area contributed by atoms with Crippen LogP contribution >= 0.6 is 47.8 Å². The summed E-state index contributed by atoms with van der Waals surface area (Å²) in [6.07, 6.45) is 17.0. The van der Waals surface area contributed by atoms with E-state index in [9.17, 15) is 13.2 Å². The Morgan fingerprint density at radius 1 is 0.521 bits per heavy atom. The highest BCUT2D eigenvalue weighted by molar-refractivity contribution is 9.11. The zero-order chi connectivity index (χ0) is 82.6. The summed E-state index contributed by atoms with van der Waals surface area (Å²) in [5.74, 6) is 4.66. The largest absolute Gasteiger partial charge is 0.496 e. The molecule has 0 amide bonds. The average Bonchev–Trinajstić information content (AvgIpc) is 1.67. The minimum Gasteiger partial charge on any atom is -0.496 e. The number of methoxy groups -OCH3 is 1. The molecule has 9 aromatic carbocycles. The Bertz CT molecular complexity index is 5840. The van der Waals surface area contributed by atoms with Crippen LogP contribution in [0, 0.1) is 48.4 Å². The maximum atomic E-state index is 15.1. The van der Waals surface area contributed by atoms with Crippen LogP contribution in [0.1, 0.15) is 154 Å². The number of benzene rings is 9. The first-order valence-electron chi connectivity index (χ1n) is 41.7. The van der Waals surface area contributed by atoms with Gasteiger partial charge in [-0.15, -0.1) is 0 Å². The van der Waals surface area contributed by atoms with E-state index in [-0.39, 0.29) is 23.3 Å². The van der Waals surface area contributed by atoms with Crippen molar-refractivity contribution in [3.8, 4) is 22.9 Å². The number of hydrogen-bond acceptors (Lipinski definition) is 14. The first-order valence-corrected chi connectivity index (χ1v) is 44.1. The molecule has 614 valence electrons. The summed E-state index contributed by atoms with van der Waals surface area (Å²) in [6, 6.07) is 51.9. The van der Waals surface area contributed by atoms with Crippen LogP contribution in [-0.4, -0.2) is 118 Å². The predicted octanol–water partition coefficient (Wildman–Crippen LogP) is 22.2. The molecule has 0 radical (unpaired) electrons. The van der Waals surface area contributed by atoms with Crippen molar-refractivity contribution in [3.63, 3.8) is 0 Å². The quantitative estimate of drug-likeness (QED) is 0.0525. The molecule has 14 nitrogen and oxygen atoms in total. The summed E-state index contributed by atoms with van der Waals surface area (Å²) in [6.45, 7) is 17.7. The number of ether oxygens (including phenoxy) is 1. The SMILES string of the molecule is CC(C)c1coc2c(CCc3c(F)cccc3C3=NCCN3)cc(Br)cc12.COc1ccc(C#N)cc1CCc1c(F)cccc1C1=N[C@H]2CCCC[C@@H]2N1.Cc1oc2c(CCc3c(F)cccc3C3=NCCN3CCCN3CCCC3)cc(Br)cc2c1C.Fc1cccc(C2=NCCN2)c1CCc1cc(Br)cc2c(-c3ccccc3)coc12. The van der Waals surface area contributed by atoms with Crippen molar-refractivity contribution in [1.29, 1.82) is 5.26 Å². The van der Waals surface area contributed by atoms with E-state index in [0.717, 1.165) is 220 Å². The summed E-state index contributed by atoms with van der Waals surface area (Å²) in [5, 5.41) is 22.5. The normalized spacial score (nSPS) is 16.2. The van der Waals surface area contributed by atoms with Crippen LogP contribution in [0.4, 0.5) is 17.6 Å². The van der Waals surface area contributed by atoms with Gasteiger partial charge in [-0.1, -0.05) is 153 Å². The molecule has 0 spiro atoms. The molecule has 2 atom stereocenters. The van der Waals surface area contributed by atoms with Gasteiger partial charge in [0.15, 0.2) is 0 Å². The van der Waals surface area contributed by atoms with Crippen LogP contribution in [0.25, 0.3) is 44.0 Å². The first-order chi connectivity index (χ1) is 57.9. The van der Waals surface area contributed by atoms with Crippen molar-refractivity contribution in [2.45, 2.75) is 142 Å². The lowest BCUT2D eigenvalue weighted by molar-refractivity contribution is 0.313. The minimum atomic E-state index is -0.215. The molecule has 1 aliphatic carbocycles. The van der Waals surface area contributed by atoms with Gasteiger partial charge in [0.05, 0.1) is 56.9 Å². The molecule has 3 aromatic heterocycles. The molecule has 1 saturated heterocycles. The van der Waals surface area contributed by atoms with E-state index in [1.807, 2.05) is 74.0 Å². The smallest absolute Gasteiger partial charge is 0.137 e. The third kappa shape index (κ3) is 19.5. The van der Waals surface area contributed by atoms with Crippen LogP contribution in [-0.2, 0) is 51.4 Å². The predicted molar refractivity (Wildman–Crippen MR) is 481 cm³/mol. The van der Waals surface area contributed by atoms with E-state index in [4.69, 9.17) is 33.2 Å². The Morgan fingerprint density at radius 3 is 1.61 bits per heavy atom. The van der Waals surface area contributed by atoms with Gasteiger partial charge in [0.1, 0.15) is 74.9 Å². The maximum absolute atomic E-state index is 15.1. The Morgan fingerprint density at radius 2 is 1.05 bits per heavy atom. The first kappa shape index (κ1) is 83.9. The van der Waals surface area contributed by atoms with Crippen molar-refractivity contribution in [2.24, 2.45) is 20.0 Å². The van der Waals surface area contributed by atoms with Crippen molar-refractivity contribution in [1.82, 2.24) is 25.8 Å². The number of fused-ring (bicyclic) bond motifs is 4. The van der Waals surface area contributed by atoms with Crippen LogP contribution in [0.3, 0.4) is 0 Å². The van der Waals surface area contributed by atoms with Crippen molar-refractivity contribution < 1.29 is 35.5 Å². The van der Waals surface area contributed by atoms with Gasteiger partial charge in [0.25, 0.3) is 0 Å². The Hall–Kier alpha value is -10.1. The van der Waals surface area contributed by atoms with Gasteiger partial charge in [0.2, 0.25) is 0 Å². The molecule has 0 unspecified atom stereocenters. The van der Waals surface area contributed by atoms with Gasteiger partial charge in [-0.05, 0) is 257 Å². The number of amidine groups is 4. The molecule has 119 heavy (non-hydrogen) atoms. The molecular formula is C98H99Br3F4N10O4. The number of nitriles is 1. The topological polar surface area (TPSA) is 164 Å². The van der Waals surface area contributed by atoms with E-state index in [2.05, 4.69) is 159 Å². The molecule has 8 heterocycles. The summed E-state index contributed by atoms with van der Waals surface area (Å²) >= 11 is 10.9. The summed E-state index contributed by atoms with van der Waals surface area (Å²) < 4.78 is 85.6. The second kappa shape index (κ2) is 39.0. The third-order valence-electron chi connectivity index (χ3n) is 23.7. The van der Waals surface area contributed by atoms with Crippen molar-refractivity contribution >= 4 is 104 Å². The summed E-state index contributed by atoms with van der Waals surface area (Å²) in [7, 11) is 1.61. The molecule has 12 aromatic rings. The van der Waals surface area contributed by atoms with E-state index in [1.165, 1.54) is 62.5 Å². The number of rotatable bonds is 23. The van der Waals surface area contributed by atoms with Crippen LogP contribution in [0.15, 0.2) is 217 Å². The van der Waals surface area contributed by atoms with E-state index < -0.39 is 0 Å². The molecule has 3 N–H and O–H groups in total. The second-order valence-corrected chi connectivity index (χ2v) is 34.4. The highest BCUT2D eigenvalue weighted by atomic mass is 79.9.